The zero-order chi connectivity index (χ0) is 18.5. The number of rotatable bonds is 6. The molecule has 1 N–H and O–H groups in total. The van der Waals surface area contributed by atoms with Gasteiger partial charge in [-0.3, -0.25) is 4.79 Å². The van der Waals surface area contributed by atoms with E-state index < -0.39 is 0 Å². The Labute approximate surface area is 157 Å². The van der Waals surface area contributed by atoms with Gasteiger partial charge in [-0.25, -0.2) is 4.98 Å². The van der Waals surface area contributed by atoms with Gasteiger partial charge in [-0.1, -0.05) is 26.0 Å². The van der Waals surface area contributed by atoms with E-state index in [9.17, 15) is 4.79 Å². The van der Waals surface area contributed by atoms with Crippen LogP contribution in [0, 0.1) is 0 Å². The summed E-state index contributed by atoms with van der Waals surface area (Å²) >= 11 is 1.54. The first-order valence-electron chi connectivity index (χ1n) is 8.54. The Morgan fingerprint density at radius 1 is 1.19 bits per heavy atom. The first-order chi connectivity index (χ1) is 12.5. The van der Waals surface area contributed by atoms with E-state index in [1.165, 1.54) is 16.9 Å². The van der Waals surface area contributed by atoms with Crippen molar-refractivity contribution in [3.8, 4) is 16.3 Å². The van der Waals surface area contributed by atoms with Crippen molar-refractivity contribution >= 4 is 22.9 Å². The Morgan fingerprint density at radius 3 is 2.65 bits per heavy atom. The van der Waals surface area contributed by atoms with Crippen LogP contribution in [0.5, 0.6) is 5.75 Å². The first-order valence-corrected chi connectivity index (χ1v) is 9.42. The molecule has 0 bridgehead atoms. The second-order valence-corrected chi connectivity index (χ2v) is 7.24. The lowest BCUT2D eigenvalue weighted by Gasteiger charge is -2.09. The van der Waals surface area contributed by atoms with Crippen LogP contribution < -0.4 is 10.1 Å². The number of hydrogen-bond donors (Lipinski definition) is 1. The van der Waals surface area contributed by atoms with Gasteiger partial charge in [0, 0.05) is 16.6 Å². The van der Waals surface area contributed by atoms with Crippen LogP contribution >= 0.6 is 11.3 Å². The maximum Gasteiger partial charge on any atom is 0.230 e. The van der Waals surface area contributed by atoms with Crippen LogP contribution in [0.3, 0.4) is 0 Å². The number of hydrogen-bond acceptors (Lipinski definition) is 4. The van der Waals surface area contributed by atoms with E-state index in [2.05, 4.69) is 30.2 Å². The quantitative estimate of drug-likeness (QED) is 0.658. The molecule has 134 valence electrons. The third-order valence-electron chi connectivity index (χ3n) is 4.07. The highest BCUT2D eigenvalue weighted by atomic mass is 32.1. The van der Waals surface area contributed by atoms with Gasteiger partial charge in [0.1, 0.15) is 10.8 Å². The minimum atomic E-state index is -0.0579. The van der Waals surface area contributed by atoms with Crippen LogP contribution in [0.2, 0.25) is 0 Å². The highest BCUT2D eigenvalue weighted by molar-refractivity contribution is 7.13. The highest BCUT2D eigenvalue weighted by Gasteiger charge is 2.10. The summed E-state index contributed by atoms with van der Waals surface area (Å²) in [4.78, 5) is 16.9. The topological polar surface area (TPSA) is 51.2 Å². The van der Waals surface area contributed by atoms with Gasteiger partial charge in [-0.2, -0.15) is 0 Å². The normalized spacial score (nSPS) is 10.8. The third-order valence-corrected chi connectivity index (χ3v) is 5.01. The minimum absolute atomic E-state index is 0.0579. The predicted molar refractivity (Wildman–Crippen MR) is 107 cm³/mol. The molecule has 0 spiro atoms. The van der Waals surface area contributed by atoms with Crippen molar-refractivity contribution in [2.75, 3.05) is 12.4 Å². The standard InChI is InChI=1S/C21H22N2O2S/c1-14(2)16-5-4-6-17(11-16)22-20(24)12-18-13-26-21(23-18)15-7-9-19(25-3)10-8-15/h4-11,13-14H,12H2,1-3H3,(H,22,24). The molecule has 4 nitrogen and oxygen atoms in total. The molecule has 0 saturated heterocycles. The van der Waals surface area contributed by atoms with Gasteiger partial charge in [0.05, 0.1) is 19.2 Å². The van der Waals surface area contributed by atoms with Gasteiger partial charge in [-0.15, -0.1) is 11.3 Å². The molecule has 0 fully saturated rings. The summed E-state index contributed by atoms with van der Waals surface area (Å²) in [6.07, 6.45) is 0.262. The molecular weight excluding hydrogens is 344 g/mol. The monoisotopic (exact) mass is 366 g/mol. The lowest BCUT2D eigenvalue weighted by atomic mass is 10.0. The number of aromatic nitrogens is 1. The van der Waals surface area contributed by atoms with Crippen LogP contribution in [0.1, 0.15) is 31.0 Å². The molecule has 26 heavy (non-hydrogen) atoms. The second kappa shape index (κ2) is 8.15. The molecule has 3 aromatic rings. The maximum atomic E-state index is 12.3. The van der Waals surface area contributed by atoms with Crippen LogP contribution in [0.25, 0.3) is 10.6 Å². The number of nitrogens with one attached hydrogen (secondary N) is 1. The lowest BCUT2D eigenvalue weighted by molar-refractivity contribution is -0.115. The van der Waals surface area contributed by atoms with Crippen molar-refractivity contribution in [3.05, 3.63) is 65.2 Å². The minimum Gasteiger partial charge on any atom is -0.497 e. The van der Waals surface area contributed by atoms with Crippen LogP contribution in [-0.4, -0.2) is 18.0 Å². The largest absolute Gasteiger partial charge is 0.497 e. The fraction of sp³-hybridized carbons (Fsp3) is 0.238. The summed E-state index contributed by atoms with van der Waals surface area (Å²) in [6.45, 7) is 4.27. The van der Waals surface area contributed by atoms with E-state index in [4.69, 9.17) is 4.74 Å². The smallest absolute Gasteiger partial charge is 0.230 e. The number of methoxy groups -OCH3 is 1. The molecule has 0 aliphatic rings. The highest BCUT2D eigenvalue weighted by Crippen LogP contribution is 2.26. The second-order valence-electron chi connectivity index (χ2n) is 6.38. The Morgan fingerprint density at radius 2 is 1.96 bits per heavy atom. The molecule has 1 aromatic heterocycles. The number of nitrogens with zero attached hydrogens (tertiary/aromatic N) is 1. The predicted octanol–water partition coefficient (Wildman–Crippen LogP) is 5.12. The van der Waals surface area contributed by atoms with Crippen molar-refractivity contribution in [2.24, 2.45) is 0 Å². The fourth-order valence-corrected chi connectivity index (χ4v) is 3.43. The molecule has 5 heteroatoms. The van der Waals surface area contributed by atoms with Crippen molar-refractivity contribution in [2.45, 2.75) is 26.2 Å². The zero-order valence-electron chi connectivity index (χ0n) is 15.2. The Kier molecular flexibility index (Phi) is 5.68. The first kappa shape index (κ1) is 18.1. The molecular formula is C21H22N2O2S. The van der Waals surface area contributed by atoms with E-state index in [-0.39, 0.29) is 12.3 Å². The Hall–Kier alpha value is -2.66. The summed E-state index contributed by atoms with van der Waals surface area (Å²) in [7, 11) is 1.64. The summed E-state index contributed by atoms with van der Waals surface area (Å²) in [6, 6.07) is 15.7. The number of thiazole rings is 1. The van der Waals surface area contributed by atoms with Crippen molar-refractivity contribution in [3.63, 3.8) is 0 Å². The van der Waals surface area contributed by atoms with Gasteiger partial charge in [0.2, 0.25) is 5.91 Å². The molecule has 1 heterocycles. The van der Waals surface area contributed by atoms with Crippen LogP contribution in [0.15, 0.2) is 53.9 Å². The van der Waals surface area contributed by atoms with E-state index in [1.54, 1.807) is 7.11 Å². The van der Waals surface area contributed by atoms with Gasteiger partial charge in [0.25, 0.3) is 0 Å². The fourth-order valence-electron chi connectivity index (χ4n) is 2.60. The zero-order valence-corrected chi connectivity index (χ0v) is 16.0. The van der Waals surface area contributed by atoms with Crippen molar-refractivity contribution < 1.29 is 9.53 Å². The number of anilines is 1. The van der Waals surface area contributed by atoms with E-state index in [1.807, 2.05) is 47.8 Å². The van der Waals surface area contributed by atoms with Crippen LogP contribution in [0.4, 0.5) is 5.69 Å². The maximum absolute atomic E-state index is 12.3. The molecule has 0 radical (unpaired) electrons. The van der Waals surface area contributed by atoms with Crippen molar-refractivity contribution in [1.29, 1.82) is 0 Å². The Balaban J connectivity index is 1.65. The SMILES string of the molecule is COc1ccc(-c2nc(CC(=O)Nc3cccc(C(C)C)c3)cs2)cc1. The summed E-state index contributed by atoms with van der Waals surface area (Å²) in [5.74, 6) is 1.18. The van der Waals surface area contributed by atoms with Gasteiger partial charge in [-0.05, 0) is 47.9 Å². The molecule has 3 rings (SSSR count). The Bertz CT molecular complexity index is 885. The van der Waals surface area contributed by atoms with Crippen LogP contribution in [-0.2, 0) is 11.2 Å². The molecule has 0 unspecified atom stereocenters. The van der Waals surface area contributed by atoms with E-state index >= 15 is 0 Å². The van der Waals surface area contributed by atoms with Crippen molar-refractivity contribution in [1.82, 2.24) is 4.98 Å². The van der Waals surface area contributed by atoms with E-state index in [0.29, 0.717) is 5.92 Å². The number of amides is 1. The molecule has 0 saturated carbocycles. The lowest BCUT2D eigenvalue weighted by Crippen LogP contribution is -2.14. The molecule has 0 atom stereocenters. The van der Waals surface area contributed by atoms with Gasteiger partial charge < -0.3 is 10.1 Å². The average Bonchev–Trinajstić information content (AvgIpc) is 3.10. The molecule has 2 aromatic carbocycles. The summed E-state index contributed by atoms with van der Waals surface area (Å²) < 4.78 is 5.17. The van der Waals surface area contributed by atoms with Gasteiger partial charge in [0.15, 0.2) is 0 Å². The van der Waals surface area contributed by atoms with Gasteiger partial charge >= 0.3 is 0 Å². The summed E-state index contributed by atoms with van der Waals surface area (Å²) in [5.41, 5.74) is 3.83. The van der Waals surface area contributed by atoms with E-state index in [0.717, 1.165) is 27.7 Å². The number of carbonyl (C=O) groups excluding carboxylic acids is 1. The summed E-state index contributed by atoms with van der Waals surface area (Å²) in [5, 5.41) is 5.79. The number of benzene rings is 2. The number of carbonyl (C=O) groups is 1. The third kappa shape index (κ3) is 4.49. The average molecular weight is 366 g/mol. The molecule has 1 amide bonds. The number of ether oxygens (including phenoxy) is 1. The molecule has 0 aliphatic carbocycles. The molecule has 0 aliphatic heterocycles.